The molecule has 70 valence electrons. The van der Waals surface area contributed by atoms with Gasteiger partial charge in [-0.3, -0.25) is 0 Å². The molecule has 1 aromatic carbocycles. The summed E-state index contributed by atoms with van der Waals surface area (Å²) in [4.78, 5) is 0. The first-order chi connectivity index (χ1) is 6.16. The second-order valence-corrected chi connectivity index (χ2v) is 3.10. The Kier molecular flexibility index (Phi) is 3.23. The topological polar surface area (TPSA) is 46.2 Å². The molecule has 0 amide bonds. The Labute approximate surface area is 78.7 Å². The minimum Gasteiger partial charge on any atom is -0.391 e. The normalized spacial score (nSPS) is 15.0. The van der Waals surface area contributed by atoms with Crippen LogP contribution in [0.5, 0.6) is 0 Å². The van der Waals surface area contributed by atoms with E-state index < -0.39 is 6.10 Å². The maximum atomic E-state index is 9.33. The number of hydrogen-bond acceptors (Lipinski definition) is 2. The molecule has 2 unspecified atom stereocenters. The lowest BCUT2D eigenvalue weighted by molar-refractivity contribution is 0.164. The minimum absolute atomic E-state index is 0.339. The molecule has 3 N–H and O–H groups in total. The third kappa shape index (κ3) is 2.17. The van der Waals surface area contributed by atoms with E-state index in [0.717, 1.165) is 11.1 Å². The summed E-state index contributed by atoms with van der Waals surface area (Å²) in [6.07, 6.45) is 1.21. The minimum atomic E-state index is -0.541. The van der Waals surface area contributed by atoms with Crippen molar-refractivity contribution in [2.45, 2.75) is 19.1 Å². The average molecular weight is 177 g/mol. The highest BCUT2D eigenvalue weighted by Gasteiger charge is 2.13. The maximum absolute atomic E-state index is 9.33. The van der Waals surface area contributed by atoms with Gasteiger partial charge in [-0.25, -0.2) is 0 Å². The summed E-state index contributed by atoms with van der Waals surface area (Å²) in [5.41, 5.74) is 7.74. The molecule has 1 aromatic rings. The molecule has 0 aliphatic heterocycles. The molecule has 0 aliphatic rings. The maximum Gasteiger partial charge on any atom is 0.0704 e. The van der Waals surface area contributed by atoms with Crippen molar-refractivity contribution < 1.29 is 5.11 Å². The van der Waals surface area contributed by atoms with Crippen molar-refractivity contribution in [1.82, 2.24) is 0 Å². The zero-order valence-electron chi connectivity index (χ0n) is 7.77. The third-order valence-electron chi connectivity index (χ3n) is 2.09. The van der Waals surface area contributed by atoms with Crippen molar-refractivity contribution in [2.75, 3.05) is 0 Å². The number of aliphatic hydroxyl groups excluding tert-OH is 1. The largest absolute Gasteiger partial charge is 0.391 e. The van der Waals surface area contributed by atoms with Crippen LogP contribution in [0.4, 0.5) is 0 Å². The summed E-state index contributed by atoms with van der Waals surface area (Å²) in [6.45, 7) is 5.38. The molecule has 0 saturated carbocycles. The van der Waals surface area contributed by atoms with Crippen molar-refractivity contribution in [3.63, 3.8) is 0 Å². The molecule has 0 heterocycles. The Hall–Kier alpha value is -1.12. The molecule has 0 aliphatic carbocycles. The van der Waals surface area contributed by atoms with E-state index in [-0.39, 0.29) is 6.04 Å². The standard InChI is InChI=1S/C11H15NO/c1-3-9-6-4-5-7-10(9)11(12)8(2)13/h3-8,11,13H,1,12H2,2H3. The number of rotatable bonds is 3. The molecule has 1 rings (SSSR count). The fourth-order valence-electron chi connectivity index (χ4n) is 1.26. The fourth-order valence-corrected chi connectivity index (χ4v) is 1.26. The Bertz CT molecular complexity index is 294. The smallest absolute Gasteiger partial charge is 0.0704 e. The second-order valence-electron chi connectivity index (χ2n) is 3.10. The lowest BCUT2D eigenvalue weighted by Gasteiger charge is -2.17. The van der Waals surface area contributed by atoms with Crippen LogP contribution in [0, 0.1) is 0 Å². The van der Waals surface area contributed by atoms with E-state index in [9.17, 15) is 5.11 Å². The monoisotopic (exact) mass is 177 g/mol. The molecule has 2 atom stereocenters. The first-order valence-corrected chi connectivity index (χ1v) is 4.32. The predicted molar refractivity (Wildman–Crippen MR) is 55.1 cm³/mol. The van der Waals surface area contributed by atoms with Gasteiger partial charge in [-0.1, -0.05) is 36.9 Å². The van der Waals surface area contributed by atoms with Crippen molar-refractivity contribution in [3.05, 3.63) is 42.0 Å². The molecular formula is C11H15NO. The van der Waals surface area contributed by atoms with Crippen LogP contribution in [-0.2, 0) is 0 Å². The molecule has 0 saturated heterocycles. The van der Waals surface area contributed by atoms with Crippen LogP contribution in [0.1, 0.15) is 24.1 Å². The number of hydrogen-bond donors (Lipinski definition) is 2. The lowest BCUT2D eigenvalue weighted by Crippen LogP contribution is -2.23. The van der Waals surface area contributed by atoms with E-state index in [1.54, 1.807) is 13.0 Å². The quantitative estimate of drug-likeness (QED) is 0.738. The van der Waals surface area contributed by atoms with E-state index in [0.29, 0.717) is 0 Å². The first-order valence-electron chi connectivity index (χ1n) is 4.32. The molecule has 0 fully saturated rings. The van der Waals surface area contributed by atoms with Crippen LogP contribution < -0.4 is 5.73 Å². The summed E-state index contributed by atoms with van der Waals surface area (Å²) in [6, 6.07) is 7.34. The molecule has 0 spiro atoms. The second kappa shape index (κ2) is 4.21. The average Bonchev–Trinajstić information content (AvgIpc) is 2.16. The van der Waals surface area contributed by atoms with Crippen LogP contribution in [0.25, 0.3) is 6.08 Å². The summed E-state index contributed by atoms with van der Waals surface area (Å²) < 4.78 is 0. The van der Waals surface area contributed by atoms with Gasteiger partial charge in [-0.15, -0.1) is 0 Å². The molecule has 2 heteroatoms. The molecular weight excluding hydrogens is 162 g/mol. The van der Waals surface area contributed by atoms with Crippen LogP contribution in [0.2, 0.25) is 0 Å². The molecule has 2 nitrogen and oxygen atoms in total. The van der Waals surface area contributed by atoms with Crippen LogP contribution >= 0.6 is 0 Å². The van der Waals surface area contributed by atoms with Gasteiger partial charge < -0.3 is 10.8 Å². The highest BCUT2D eigenvalue weighted by Crippen LogP contribution is 2.19. The van der Waals surface area contributed by atoms with Gasteiger partial charge in [0.15, 0.2) is 0 Å². The Balaban J connectivity index is 3.05. The van der Waals surface area contributed by atoms with E-state index >= 15 is 0 Å². The van der Waals surface area contributed by atoms with Gasteiger partial charge in [0.05, 0.1) is 12.1 Å². The first kappa shape index (κ1) is 9.96. The zero-order valence-corrected chi connectivity index (χ0v) is 7.77. The van der Waals surface area contributed by atoms with E-state index in [4.69, 9.17) is 5.73 Å². The van der Waals surface area contributed by atoms with Gasteiger partial charge in [0.1, 0.15) is 0 Å². The van der Waals surface area contributed by atoms with Crippen molar-refractivity contribution >= 4 is 6.08 Å². The van der Waals surface area contributed by atoms with Gasteiger partial charge in [0.25, 0.3) is 0 Å². The third-order valence-corrected chi connectivity index (χ3v) is 2.09. The molecule has 13 heavy (non-hydrogen) atoms. The van der Waals surface area contributed by atoms with Gasteiger partial charge >= 0.3 is 0 Å². The van der Waals surface area contributed by atoms with Gasteiger partial charge in [0.2, 0.25) is 0 Å². The Morgan fingerprint density at radius 3 is 2.62 bits per heavy atom. The lowest BCUT2D eigenvalue weighted by atomic mass is 9.98. The SMILES string of the molecule is C=Cc1ccccc1C(N)C(C)O. The van der Waals surface area contributed by atoms with Crippen molar-refractivity contribution in [2.24, 2.45) is 5.73 Å². The molecule has 0 radical (unpaired) electrons. The fraction of sp³-hybridized carbons (Fsp3) is 0.273. The van der Waals surface area contributed by atoms with Crippen molar-refractivity contribution in [3.8, 4) is 0 Å². The van der Waals surface area contributed by atoms with Crippen molar-refractivity contribution in [1.29, 1.82) is 0 Å². The summed E-state index contributed by atoms with van der Waals surface area (Å²) >= 11 is 0. The molecule has 0 bridgehead atoms. The highest BCUT2D eigenvalue weighted by molar-refractivity contribution is 5.52. The van der Waals surface area contributed by atoms with E-state index in [1.807, 2.05) is 24.3 Å². The summed E-state index contributed by atoms with van der Waals surface area (Å²) in [5.74, 6) is 0. The van der Waals surface area contributed by atoms with Gasteiger partial charge in [-0.2, -0.15) is 0 Å². The predicted octanol–water partition coefficient (Wildman–Crippen LogP) is 1.71. The van der Waals surface area contributed by atoms with Gasteiger partial charge in [-0.05, 0) is 18.1 Å². The van der Waals surface area contributed by atoms with Crippen LogP contribution in [-0.4, -0.2) is 11.2 Å². The number of benzene rings is 1. The van der Waals surface area contributed by atoms with Crippen LogP contribution in [0.3, 0.4) is 0 Å². The zero-order chi connectivity index (χ0) is 9.84. The Morgan fingerprint density at radius 2 is 2.08 bits per heavy atom. The van der Waals surface area contributed by atoms with E-state index in [2.05, 4.69) is 6.58 Å². The summed E-state index contributed by atoms with van der Waals surface area (Å²) in [7, 11) is 0. The number of nitrogens with two attached hydrogens (primary N) is 1. The van der Waals surface area contributed by atoms with Crippen LogP contribution in [0.15, 0.2) is 30.8 Å². The highest BCUT2D eigenvalue weighted by atomic mass is 16.3. The van der Waals surface area contributed by atoms with Gasteiger partial charge in [0, 0.05) is 0 Å². The number of aliphatic hydroxyl groups is 1. The van der Waals surface area contributed by atoms with E-state index in [1.165, 1.54) is 0 Å². The molecule has 0 aromatic heterocycles. The summed E-state index contributed by atoms with van der Waals surface area (Å²) in [5, 5.41) is 9.33. The Morgan fingerprint density at radius 1 is 1.46 bits per heavy atom.